The molecule has 2 aliphatic rings. The SMILES string of the molecule is O=C1CCC(N2CCNCC2)C(=O)N1c1ccccc1. The molecule has 2 saturated heterocycles. The van der Waals surface area contributed by atoms with Gasteiger partial charge in [0.2, 0.25) is 5.91 Å². The van der Waals surface area contributed by atoms with E-state index in [9.17, 15) is 9.59 Å². The Morgan fingerprint density at radius 2 is 1.75 bits per heavy atom. The highest BCUT2D eigenvalue weighted by molar-refractivity contribution is 6.18. The molecule has 0 aliphatic carbocycles. The first-order chi connectivity index (χ1) is 9.77. The minimum atomic E-state index is -0.157. The molecule has 3 rings (SSSR count). The van der Waals surface area contributed by atoms with Gasteiger partial charge in [0.25, 0.3) is 5.91 Å². The van der Waals surface area contributed by atoms with Gasteiger partial charge in [-0.3, -0.25) is 14.5 Å². The molecule has 1 N–H and O–H groups in total. The van der Waals surface area contributed by atoms with E-state index in [4.69, 9.17) is 0 Å². The van der Waals surface area contributed by atoms with E-state index in [1.807, 2.05) is 30.3 Å². The van der Waals surface area contributed by atoms with Crippen LogP contribution < -0.4 is 10.2 Å². The summed E-state index contributed by atoms with van der Waals surface area (Å²) in [4.78, 5) is 28.3. The smallest absolute Gasteiger partial charge is 0.251 e. The second-order valence-electron chi connectivity index (χ2n) is 5.24. The van der Waals surface area contributed by atoms with Crippen molar-refractivity contribution < 1.29 is 9.59 Å². The lowest BCUT2D eigenvalue weighted by molar-refractivity contribution is -0.133. The number of piperazine rings is 1. The molecule has 1 aromatic rings. The van der Waals surface area contributed by atoms with Crippen molar-refractivity contribution in [3.05, 3.63) is 30.3 Å². The van der Waals surface area contributed by atoms with Crippen LogP contribution in [0.4, 0.5) is 5.69 Å². The van der Waals surface area contributed by atoms with Crippen molar-refractivity contribution in [1.29, 1.82) is 0 Å². The maximum Gasteiger partial charge on any atom is 0.251 e. The summed E-state index contributed by atoms with van der Waals surface area (Å²) >= 11 is 0. The number of hydrogen-bond donors (Lipinski definition) is 1. The van der Waals surface area contributed by atoms with Crippen LogP contribution in [-0.2, 0) is 9.59 Å². The number of anilines is 1. The molecule has 0 spiro atoms. The normalized spacial score (nSPS) is 25.0. The third kappa shape index (κ3) is 2.46. The van der Waals surface area contributed by atoms with Gasteiger partial charge in [0, 0.05) is 32.6 Å². The van der Waals surface area contributed by atoms with Gasteiger partial charge in [-0.25, -0.2) is 4.90 Å². The van der Waals surface area contributed by atoms with Crippen LogP contribution in [0.15, 0.2) is 30.3 Å². The average molecular weight is 273 g/mol. The van der Waals surface area contributed by atoms with Crippen LogP contribution in [-0.4, -0.2) is 48.9 Å². The van der Waals surface area contributed by atoms with Crippen molar-refractivity contribution in [2.75, 3.05) is 31.1 Å². The first kappa shape index (κ1) is 13.3. The second-order valence-corrected chi connectivity index (χ2v) is 5.24. The Labute approximate surface area is 118 Å². The van der Waals surface area contributed by atoms with Gasteiger partial charge in [-0.1, -0.05) is 18.2 Å². The number of amides is 2. The van der Waals surface area contributed by atoms with E-state index in [0.29, 0.717) is 18.5 Å². The molecule has 0 bridgehead atoms. The van der Waals surface area contributed by atoms with E-state index in [-0.39, 0.29) is 17.9 Å². The van der Waals surface area contributed by atoms with E-state index >= 15 is 0 Å². The molecule has 1 unspecified atom stereocenters. The molecule has 5 nitrogen and oxygen atoms in total. The highest BCUT2D eigenvalue weighted by atomic mass is 16.2. The number of benzene rings is 1. The molecule has 2 fully saturated rings. The molecule has 5 heteroatoms. The van der Waals surface area contributed by atoms with Gasteiger partial charge >= 0.3 is 0 Å². The lowest BCUT2D eigenvalue weighted by Crippen LogP contribution is -2.58. The van der Waals surface area contributed by atoms with Gasteiger partial charge in [-0.15, -0.1) is 0 Å². The molecule has 106 valence electrons. The first-order valence-electron chi connectivity index (χ1n) is 7.14. The Morgan fingerprint density at radius 3 is 2.45 bits per heavy atom. The van der Waals surface area contributed by atoms with Crippen LogP contribution in [0.2, 0.25) is 0 Å². The minimum Gasteiger partial charge on any atom is -0.314 e. The fourth-order valence-electron chi connectivity index (χ4n) is 2.95. The van der Waals surface area contributed by atoms with E-state index in [2.05, 4.69) is 10.2 Å². The predicted octanol–water partition coefficient (Wildman–Crippen LogP) is 0.614. The molecule has 2 aliphatic heterocycles. The van der Waals surface area contributed by atoms with Crippen LogP contribution in [0.25, 0.3) is 0 Å². The number of carbonyl (C=O) groups excluding carboxylic acids is 2. The van der Waals surface area contributed by atoms with Crippen molar-refractivity contribution in [3.63, 3.8) is 0 Å². The molecule has 0 saturated carbocycles. The van der Waals surface area contributed by atoms with Gasteiger partial charge in [0.05, 0.1) is 11.7 Å². The van der Waals surface area contributed by atoms with Crippen LogP contribution in [0.5, 0.6) is 0 Å². The van der Waals surface area contributed by atoms with Gasteiger partial charge < -0.3 is 5.32 Å². The number of imide groups is 1. The highest BCUT2D eigenvalue weighted by Crippen LogP contribution is 2.24. The maximum absolute atomic E-state index is 12.7. The number of para-hydroxylation sites is 1. The average Bonchev–Trinajstić information content (AvgIpc) is 2.49. The first-order valence-corrected chi connectivity index (χ1v) is 7.14. The van der Waals surface area contributed by atoms with Crippen molar-refractivity contribution in [1.82, 2.24) is 10.2 Å². The fraction of sp³-hybridized carbons (Fsp3) is 0.467. The Morgan fingerprint density at radius 1 is 1.05 bits per heavy atom. The maximum atomic E-state index is 12.7. The molecule has 0 aromatic heterocycles. The molecule has 2 heterocycles. The van der Waals surface area contributed by atoms with E-state index in [0.717, 1.165) is 26.2 Å². The quantitative estimate of drug-likeness (QED) is 0.802. The topological polar surface area (TPSA) is 52.7 Å². The zero-order valence-electron chi connectivity index (χ0n) is 11.4. The highest BCUT2D eigenvalue weighted by Gasteiger charge is 2.38. The predicted molar refractivity (Wildman–Crippen MR) is 76.4 cm³/mol. The third-order valence-electron chi connectivity index (χ3n) is 3.99. The third-order valence-corrected chi connectivity index (χ3v) is 3.99. The van der Waals surface area contributed by atoms with Gasteiger partial charge in [0.15, 0.2) is 0 Å². The van der Waals surface area contributed by atoms with Crippen molar-refractivity contribution >= 4 is 17.5 Å². The summed E-state index contributed by atoms with van der Waals surface area (Å²) in [7, 11) is 0. The number of rotatable bonds is 2. The molecule has 2 amide bonds. The summed E-state index contributed by atoms with van der Waals surface area (Å²) in [6.07, 6.45) is 1.08. The standard InChI is InChI=1S/C15H19N3O2/c19-14-7-6-13(17-10-8-16-9-11-17)15(20)18(14)12-4-2-1-3-5-12/h1-5,13,16H,6-11H2. The molecule has 20 heavy (non-hydrogen) atoms. The molecule has 0 radical (unpaired) electrons. The van der Waals surface area contributed by atoms with Crippen molar-refractivity contribution in [2.24, 2.45) is 0 Å². The fourth-order valence-corrected chi connectivity index (χ4v) is 2.95. The van der Waals surface area contributed by atoms with Crippen LogP contribution in [0.3, 0.4) is 0 Å². The monoisotopic (exact) mass is 273 g/mol. The Kier molecular flexibility index (Phi) is 3.80. The van der Waals surface area contributed by atoms with Gasteiger partial charge in [0.1, 0.15) is 0 Å². The van der Waals surface area contributed by atoms with Crippen molar-refractivity contribution in [3.8, 4) is 0 Å². The van der Waals surface area contributed by atoms with Crippen LogP contribution >= 0.6 is 0 Å². The summed E-state index contributed by atoms with van der Waals surface area (Å²) in [6, 6.07) is 9.06. The largest absolute Gasteiger partial charge is 0.314 e. The summed E-state index contributed by atoms with van der Waals surface area (Å²) in [5.74, 6) is -0.165. The van der Waals surface area contributed by atoms with E-state index in [1.54, 1.807) is 0 Å². The van der Waals surface area contributed by atoms with E-state index in [1.165, 1.54) is 4.90 Å². The Hall–Kier alpha value is -1.72. The lowest BCUT2D eigenvalue weighted by Gasteiger charge is -2.39. The van der Waals surface area contributed by atoms with Crippen LogP contribution in [0, 0.1) is 0 Å². The number of nitrogens with one attached hydrogen (secondary N) is 1. The second kappa shape index (κ2) is 5.73. The van der Waals surface area contributed by atoms with Gasteiger partial charge in [-0.2, -0.15) is 0 Å². The zero-order chi connectivity index (χ0) is 13.9. The Bertz CT molecular complexity index is 497. The van der Waals surface area contributed by atoms with Crippen LogP contribution in [0.1, 0.15) is 12.8 Å². The minimum absolute atomic E-state index is 0.0747. The van der Waals surface area contributed by atoms with Gasteiger partial charge in [-0.05, 0) is 18.6 Å². The number of piperidine rings is 1. The number of carbonyl (C=O) groups is 2. The number of hydrogen-bond acceptors (Lipinski definition) is 4. The number of nitrogens with zero attached hydrogens (tertiary/aromatic N) is 2. The summed E-state index contributed by atoms with van der Waals surface area (Å²) < 4.78 is 0. The Balaban J connectivity index is 1.82. The molecule has 1 aromatic carbocycles. The van der Waals surface area contributed by atoms with E-state index < -0.39 is 0 Å². The molecule has 1 atom stereocenters. The van der Waals surface area contributed by atoms with Crippen molar-refractivity contribution in [2.45, 2.75) is 18.9 Å². The summed E-state index contributed by atoms with van der Waals surface area (Å²) in [6.45, 7) is 3.55. The molecular formula is C15H19N3O2. The summed E-state index contributed by atoms with van der Waals surface area (Å²) in [5.41, 5.74) is 0.683. The lowest BCUT2D eigenvalue weighted by atomic mass is 10.0. The zero-order valence-corrected chi connectivity index (χ0v) is 11.4. The summed E-state index contributed by atoms with van der Waals surface area (Å²) in [5, 5.41) is 3.29. The molecular weight excluding hydrogens is 254 g/mol.